The van der Waals surface area contributed by atoms with Crippen molar-refractivity contribution in [2.75, 3.05) is 17.0 Å². The van der Waals surface area contributed by atoms with E-state index in [9.17, 15) is 13.2 Å². The first-order chi connectivity index (χ1) is 13.9. The van der Waals surface area contributed by atoms with Crippen LogP contribution in [0.3, 0.4) is 0 Å². The van der Waals surface area contributed by atoms with E-state index < -0.39 is 10.0 Å². The quantitative estimate of drug-likeness (QED) is 0.525. The van der Waals surface area contributed by atoms with Gasteiger partial charge in [0.15, 0.2) is 5.65 Å². The van der Waals surface area contributed by atoms with E-state index in [2.05, 4.69) is 25.0 Å². The lowest BCUT2D eigenvalue weighted by molar-refractivity contribution is 0.0955. The third-order valence-corrected chi connectivity index (χ3v) is 6.23. The van der Waals surface area contributed by atoms with Crippen LogP contribution >= 0.6 is 0 Å². The fourth-order valence-corrected chi connectivity index (χ4v) is 3.71. The summed E-state index contributed by atoms with van der Waals surface area (Å²) in [7, 11) is -3.28. The highest BCUT2D eigenvalue weighted by atomic mass is 32.2. The van der Waals surface area contributed by atoms with Crippen LogP contribution in [0, 0.1) is 0 Å². The molecule has 8 nitrogen and oxygen atoms in total. The van der Waals surface area contributed by atoms with Crippen LogP contribution in [-0.4, -0.2) is 41.6 Å². The summed E-state index contributed by atoms with van der Waals surface area (Å²) in [6.45, 7) is 2.05. The highest BCUT2D eigenvalue weighted by Crippen LogP contribution is 2.39. The van der Waals surface area contributed by atoms with E-state index in [0.29, 0.717) is 41.3 Å². The lowest BCUT2D eigenvalue weighted by Gasteiger charge is -2.08. The Bertz CT molecular complexity index is 1130. The normalized spacial score (nSPS) is 14.1. The number of anilines is 1. The number of carbonyl (C=O) groups excluding carboxylic acids is 1. The molecule has 2 heterocycles. The zero-order chi connectivity index (χ0) is 20.4. The van der Waals surface area contributed by atoms with Gasteiger partial charge in [0.05, 0.1) is 16.8 Å². The Morgan fingerprint density at radius 1 is 1.21 bits per heavy atom. The molecule has 3 aromatic rings. The van der Waals surface area contributed by atoms with Crippen LogP contribution in [0.1, 0.15) is 47.4 Å². The summed E-state index contributed by atoms with van der Waals surface area (Å²) in [4.78, 5) is 24.6. The third kappa shape index (κ3) is 4.56. The molecule has 0 saturated heterocycles. The molecule has 1 fully saturated rings. The number of benzene rings is 1. The van der Waals surface area contributed by atoms with Crippen molar-refractivity contribution in [2.24, 2.45) is 0 Å². The summed E-state index contributed by atoms with van der Waals surface area (Å²) >= 11 is 0. The monoisotopic (exact) mass is 413 g/mol. The van der Waals surface area contributed by atoms with Crippen molar-refractivity contribution >= 4 is 32.8 Å². The number of aromatic nitrogens is 3. The van der Waals surface area contributed by atoms with Crippen LogP contribution in [0.4, 0.5) is 5.69 Å². The molecular formula is C20H23N5O3S. The van der Waals surface area contributed by atoms with Gasteiger partial charge in [0.1, 0.15) is 5.82 Å². The number of hydrogen-bond donors (Lipinski definition) is 3. The molecule has 0 spiro atoms. The maximum atomic E-state index is 12.6. The molecule has 1 aliphatic carbocycles. The van der Waals surface area contributed by atoms with Crippen molar-refractivity contribution in [3.8, 4) is 0 Å². The SMILES string of the molecule is CCS(=O)(=O)Nc1ccc(CCNC(=O)c2ccnc3nc(C4CC4)[nH]c23)cc1. The number of carbonyl (C=O) groups is 1. The molecule has 1 aromatic carbocycles. The molecule has 1 amide bonds. The largest absolute Gasteiger partial charge is 0.352 e. The molecule has 4 rings (SSSR count). The minimum atomic E-state index is -3.28. The molecule has 0 atom stereocenters. The van der Waals surface area contributed by atoms with Crippen molar-refractivity contribution < 1.29 is 13.2 Å². The van der Waals surface area contributed by atoms with Gasteiger partial charge in [0, 0.05) is 24.3 Å². The molecule has 0 bridgehead atoms. The Labute approximate surface area is 169 Å². The number of nitrogens with one attached hydrogen (secondary N) is 3. The predicted molar refractivity (Wildman–Crippen MR) is 111 cm³/mol. The van der Waals surface area contributed by atoms with Gasteiger partial charge in [-0.3, -0.25) is 9.52 Å². The highest BCUT2D eigenvalue weighted by Gasteiger charge is 2.27. The minimum Gasteiger partial charge on any atom is -0.352 e. The Morgan fingerprint density at radius 3 is 2.66 bits per heavy atom. The molecule has 9 heteroatoms. The van der Waals surface area contributed by atoms with E-state index in [4.69, 9.17) is 0 Å². The zero-order valence-corrected chi connectivity index (χ0v) is 16.9. The van der Waals surface area contributed by atoms with Gasteiger partial charge in [-0.05, 0) is 49.9 Å². The lowest BCUT2D eigenvalue weighted by Crippen LogP contribution is -2.26. The van der Waals surface area contributed by atoms with E-state index in [0.717, 1.165) is 24.2 Å². The topological polar surface area (TPSA) is 117 Å². The molecule has 3 N–H and O–H groups in total. The van der Waals surface area contributed by atoms with Crippen LogP contribution in [0.15, 0.2) is 36.5 Å². The van der Waals surface area contributed by atoms with Gasteiger partial charge in [0.25, 0.3) is 5.91 Å². The molecule has 0 unspecified atom stereocenters. The molecule has 29 heavy (non-hydrogen) atoms. The van der Waals surface area contributed by atoms with Crippen molar-refractivity contribution in [3.63, 3.8) is 0 Å². The summed E-state index contributed by atoms with van der Waals surface area (Å²) in [6, 6.07) is 8.84. The molecule has 0 aliphatic heterocycles. The second-order valence-corrected chi connectivity index (χ2v) is 9.17. The number of imidazole rings is 1. The first kappa shape index (κ1) is 19.4. The van der Waals surface area contributed by atoms with Crippen LogP contribution < -0.4 is 10.0 Å². The Hall–Kier alpha value is -2.94. The first-order valence-electron chi connectivity index (χ1n) is 9.67. The van der Waals surface area contributed by atoms with Gasteiger partial charge in [-0.25, -0.2) is 18.4 Å². The number of nitrogens with zero attached hydrogens (tertiary/aromatic N) is 2. The van der Waals surface area contributed by atoms with Crippen LogP contribution in [0.5, 0.6) is 0 Å². The van der Waals surface area contributed by atoms with E-state index in [1.54, 1.807) is 31.3 Å². The maximum Gasteiger partial charge on any atom is 0.253 e. The average Bonchev–Trinajstić information content (AvgIpc) is 3.47. The fourth-order valence-electron chi connectivity index (χ4n) is 3.07. The number of rotatable bonds is 8. The van der Waals surface area contributed by atoms with E-state index >= 15 is 0 Å². The number of hydrogen-bond acceptors (Lipinski definition) is 5. The molecule has 1 aliphatic rings. The van der Waals surface area contributed by atoms with Crippen molar-refractivity contribution in [1.29, 1.82) is 0 Å². The zero-order valence-electron chi connectivity index (χ0n) is 16.1. The van der Waals surface area contributed by atoms with Crippen molar-refractivity contribution in [2.45, 2.75) is 32.1 Å². The molecule has 0 radical (unpaired) electrons. The van der Waals surface area contributed by atoms with E-state index in [1.165, 1.54) is 0 Å². The van der Waals surface area contributed by atoms with Gasteiger partial charge >= 0.3 is 0 Å². The van der Waals surface area contributed by atoms with Gasteiger partial charge in [0.2, 0.25) is 10.0 Å². The predicted octanol–water partition coefficient (Wildman–Crippen LogP) is 2.57. The maximum absolute atomic E-state index is 12.6. The summed E-state index contributed by atoms with van der Waals surface area (Å²) in [5.41, 5.74) is 3.33. The average molecular weight is 414 g/mol. The van der Waals surface area contributed by atoms with E-state index in [-0.39, 0.29) is 11.7 Å². The molecule has 1 saturated carbocycles. The number of aromatic amines is 1. The lowest BCUT2D eigenvalue weighted by atomic mass is 10.1. The smallest absolute Gasteiger partial charge is 0.253 e. The highest BCUT2D eigenvalue weighted by molar-refractivity contribution is 7.92. The standard InChI is InChI=1S/C20H23N5O3S/c1-2-29(27,28)25-15-7-3-13(4-8-15)9-11-22-20(26)16-10-12-21-19-17(16)23-18(24-19)14-5-6-14/h3-4,7-8,10,12,14,25H,2,5-6,9,11H2,1H3,(H,22,26)(H,21,23,24). The summed E-state index contributed by atoms with van der Waals surface area (Å²) in [6.07, 6.45) is 4.49. The number of amides is 1. The van der Waals surface area contributed by atoms with Gasteiger partial charge in [-0.2, -0.15) is 0 Å². The van der Waals surface area contributed by atoms with Crippen LogP contribution in [-0.2, 0) is 16.4 Å². The Kier molecular flexibility index (Phi) is 5.23. The summed E-state index contributed by atoms with van der Waals surface area (Å²) in [5, 5.41) is 2.93. The van der Waals surface area contributed by atoms with Crippen molar-refractivity contribution in [1.82, 2.24) is 20.3 Å². The molecular weight excluding hydrogens is 390 g/mol. The second kappa shape index (κ2) is 7.82. The number of pyridine rings is 1. The van der Waals surface area contributed by atoms with Gasteiger partial charge < -0.3 is 10.3 Å². The molecule has 152 valence electrons. The Balaban J connectivity index is 1.36. The number of fused-ring (bicyclic) bond motifs is 1. The third-order valence-electron chi connectivity index (χ3n) is 4.93. The summed E-state index contributed by atoms with van der Waals surface area (Å²) < 4.78 is 25.7. The number of H-pyrrole nitrogens is 1. The molecule has 2 aromatic heterocycles. The summed E-state index contributed by atoms with van der Waals surface area (Å²) in [5.74, 6) is 1.23. The fraction of sp³-hybridized carbons (Fsp3) is 0.350. The van der Waals surface area contributed by atoms with Gasteiger partial charge in [-0.15, -0.1) is 0 Å². The Morgan fingerprint density at radius 2 is 1.97 bits per heavy atom. The van der Waals surface area contributed by atoms with Crippen LogP contribution in [0.2, 0.25) is 0 Å². The first-order valence-corrected chi connectivity index (χ1v) is 11.3. The number of sulfonamides is 1. The van der Waals surface area contributed by atoms with Gasteiger partial charge in [-0.1, -0.05) is 12.1 Å². The van der Waals surface area contributed by atoms with Crippen LogP contribution in [0.25, 0.3) is 11.2 Å². The minimum absolute atomic E-state index is 0.0293. The van der Waals surface area contributed by atoms with Crippen molar-refractivity contribution in [3.05, 3.63) is 53.5 Å². The van der Waals surface area contributed by atoms with E-state index in [1.807, 2.05) is 12.1 Å². The second-order valence-electron chi connectivity index (χ2n) is 7.16.